The van der Waals surface area contributed by atoms with Gasteiger partial charge in [-0.2, -0.15) is 0 Å². The number of hydrogen-bond donors (Lipinski definition) is 1. The number of hydrogen-bond acceptors (Lipinski definition) is 4. The Hall–Kier alpha value is -2.01. The Morgan fingerprint density at radius 3 is 2.61 bits per heavy atom. The summed E-state index contributed by atoms with van der Waals surface area (Å²) in [6.07, 6.45) is 3.38. The molecule has 94 valence electrons. The summed E-state index contributed by atoms with van der Waals surface area (Å²) in [5, 5.41) is 3.00. The molecule has 1 N–H and O–H groups in total. The van der Waals surface area contributed by atoms with Crippen molar-refractivity contribution in [3.8, 4) is 11.8 Å². The van der Waals surface area contributed by atoms with Crippen molar-refractivity contribution in [3.05, 3.63) is 47.5 Å². The van der Waals surface area contributed by atoms with Crippen LogP contribution in [0.5, 0.6) is 11.8 Å². The van der Waals surface area contributed by atoms with Gasteiger partial charge in [0.15, 0.2) is 0 Å². The van der Waals surface area contributed by atoms with E-state index in [1.54, 1.807) is 31.5 Å². The molecule has 0 aliphatic carbocycles. The van der Waals surface area contributed by atoms with Crippen molar-refractivity contribution in [2.24, 2.45) is 0 Å². The summed E-state index contributed by atoms with van der Waals surface area (Å²) < 4.78 is 18.5. The zero-order valence-corrected chi connectivity index (χ0v) is 10.3. The highest BCUT2D eigenvalue weighted by molar-refractivity contribution is 5.30. The first-order chi connectivity index (χ1) is 8.69. The standard InChI is InChI=1S/C13H14FN3O/c1-9-5-11(3-4-12(9)14)18-13-16-7-10(6-15-2)8-17-13/h3-5,7-8,15H,6H2,1-2H3. The van der Waals surface area contributed by atoms with Gasteiger partial charge in [0.25, 0.3) is 0 Å². The van der Waals surface area contributed by atoms with Crippen molar-refractivity contribution in [2.45, 2.75) is 13.5 Å². The van der Waals surface area contributed by atoms with Crippen LogP contribution in [0.25, 0.3) is 0 Å². The van der Waals surface area contributed by atoms with Gasteiger partial charge in [-0.15, -0.1) is 0 Å². The third-order valence-electron chi connectivity index (χ3n) is 2.40. The first kappa shape index (κ1) is 12.4. The number of nitrogens with one attached hydrogen (secondary N) is 1. The zero-order chi connectivity index (χ0) is 13.0. The van der Waals surface area contributed by atoms with Crippen molar-refractivity contribution < 1.29 is 9.13 Å². The third-order valence-corrected chi connectivity index (χ3v) is 2.40. The van der Waals surface area contributed by atoms with Crippen LogP contribution in [0.1, 0.15) is 11.1 Å². The van der Waals surface area contributed by atoms with Gasteiger partial charge >= 0.3 is 6.01 Å². The van der Waals surface area contributed by atoms with Gasteiger partial charge in [-0.05, 0) is 37.7 Å². The Kier molecular flexibility index (Phi) is 3.84. The highest BCUT2D eigenvalue weighted by atomic mass is 19.1. The molecule has 5 heteroatoms. The molecule has 1 aromatic carbocycles. The van der Waals surface area contributed by atoms with Crippen LogP contribution in [0.3, 0.4) is 0 Å². The van der Waals surface area contributed by atoms with E-state index in [2.05, 4.69) is 15.3 Å². The van der Waals surface area contributed by atoms with E-state index in [1.165, 1.54) is 6.07 Å². The van der Waals surface area contributed by atoms with Crippen LogP contribution in [-0.2, 0) is 6.54 Å². The van der Waals surface area contributed by atoms with Crippen LogP contribution >= 0.6 is 0 Å². The maximum absolute atomic E-state index is 13.1. The quantitative estimate of drug-likeness (QED) is 0.901. The predicted molar refractivity (Wildman–Crippen MR) is 66.0 cm³/mol. The molecule has 18 heavy (non-hydrogen) atoms. The number of aromatic nitrogens is 2. The van der Waals surface area contributed by atoms with Crippen molar-refractivity contribution in [3.63, 3.8) is 0 Å². The first-order valence-corrected chi connectivity index (χ1v) is 5.58. The van der Waals surface area contributed by atoms with Gasteiger partial charge in [0.05, 0.1) is 0 Å². The molecule has 0 spiro atoms. The number of nitrogens with zero attached hydrogens (tertiary/aromatic N) is 2. The molecule has 0 fully saturated rings. The topological polar surface area (TPSA) is 47.0 Å². The summed E-state index contributed by atoms with van der Waals surface area (Å²) in [6, 6.07) is 4.77. The summed E-state index contributed by atoms with van der Waals surface area (Å²) in [5.41, 5.74) is 1.50. The largest absolute Gasteiger partial charge is 0.424 e. The van der Waals surface area contributed by atoms with E-state index in [9.17, 15) is 4.39 Å². The van der Waals surface area contributed by atoms with Crippen LogP contribution < -0.4 is 10.1 Å². The molecular formula is C13H14FN3O. The normalized spacial score (nSPS) is 10.4. The molecule has 0 amide bonds. The Morgan fingerprint density at radius 1 is 1.28 bits per heavy atom. The summed E-state index contributed by atoms with van der Waals surface area (Å²) in [5.74, 6) is 0.267. The second-order valence-corrected chi connectivity index (χ2v) is 3.92. The molecule has 4 nitrogen and oxygen atoms in total. The Morgan fingerprint density at radius 2 is 2.00 bits per heavy atom. The summed E-state index contributed by atoms with van der Waals surface area (Å²) in [4.78, 5) is 8.16. The van der Waals surface area contributed by atoms with Crippen LogP contribution in [0.2, 0.25) is 0 Å². The van der Waals surface area contributed by atoms with Gasteiger partial charge in [0.2, 0.25) is 0 Å². The number of benzene rings is 1. The number of aryl methyl sites for hydroxylation is 1. The van der Waals surface area contributed by atoms with Crippen molar-refractivity contribution in [1.82, 2.24) is 15.3 Å². The Bertz CT molecular complexity index is 528. The van der Waals surface area contributed by atoms with Crippen LogP contribution in [0.15, 0.2) is 30.6 Å². The molecule has 0 aliphatic heterocycles. The number of rotatable bonds is 4. The molecule has 0 saturated heterocycles. The van der Waals surface area contributed by atoms with Gasteiger partial charge in [-0.25, -0.2) is 14.4 Å². The minimum atomic E-state index is -0.257. The molecule has 0 atom stereocenters. The zero-order valence-electron chi connectivity index (χ0n) is 10.3. The fraction of sp³-hybridized carbons (Fsp3) is 0.231. The van der Waals surface area contributed by atoms with Gasteiger partial charge in [-0.1, -0.05) is 0 Å². The van der Waals surface area contributed by atoms with E-state index in [0.29, 0.717) is 17.9 Å². The minimum Gasteiger partial charge on any atom is -0.424 e. The lowest BCUT2D eigenvalue weighted by atomic mass is 10.2. The second kappa shape index (κ2) is 5.55. The third kappa shape index (κ3) is 3.01. The predicted octanol–water partition coefficient (Wildman–Crippen LogP) is 2.44. The fourth-order valence-corrected chi connectivity index (χ4v) is 1.48. The van der Waals surface area contributed by atoms with Gasteiger partial charge in [0, 0.05) is 24.5 Å². The molecule has 0 bridgehead atoms. The van der Waals surface area contributed by atoms with Gasteiger partial charge in [-0.3, -0.25) is 0 Å². The van der Waals surface area contributed by atoms with Gasteiger partial charge in [0.1, 0.15) is 11.6 Å². The molecule has 1 heterocycles. The maximum atomic E-state index is 13.1. The summed E-state index contributed by atoms with van der Waals surface area (Å²) in [6.45, 7) is 2.38. The smallest absolute Gasteiger partial charge is 0.321 e. The highest BCUT2D eigenvalue weighted by Gasteiger charge is 2.03. The highest BCUT2D eigenvalue weighted by Crippen LogP contribution is 2.20. The fourth-order valence-electron chi connectivity index (χ4n) is 1.48. The Balaban J connectivity index is 2.10. The summed E-state index contributed by atoms with van der Waals surface area (Å²) in [7, 11) is 1.85. The summed E-state index contributed by atoms with van der Waals surface area (Å²) >= 11 is 0. The van der Waals surface area contributed by atoms with E-state index in [4.69, 9.17) is 4.74 Å². The Labute approximate surface area is 105 Å². The molecule has 2 rings (SSSR count). The second-order valence-electron chi connectivity index (χ2n) is 3.92. The monoisotopic (exact) mass is 247 g/mol. The molecule has 0 saturated carbocycles. The molecular weight excluding hydrogens is 233 g/mol. The lowest BCUT2D eigenvalue weighted by Gasteiger charge is -2.05. The molecule has 0 unspecified atom stereocenters. The van der Waals surface area contributed by atoms with E-state index >= 15 is 0 Å². The van der Waals surface area contributed by atoms with Crippen LogP contribution in [-0.4, -0.2) is 17.0 Å². The lowest BCUT2D eigenvalue weighted by molar-refractivity contribution is 0.439. The van der Waals surface area contributed by atoms with Crippen molar-refractivity contribution in [2.75, 3.05) is 7.05 Å². The maximum Gasteiger partial charge on any atom is 0.321 e. The molecule has 0 aliphatic rings. The number of halogens is 1. The van der Waals surface area contributed by atoms with E-state index in [0.717, 1.165) is 5.56 Å². The van der Waals surface area contributed by atoms with Crippen LogP contribution in [0.4, 0.5) is 4.39 Å². The van der Waals surface area contributed by atoms with Crippen molar-refractivity contribution >= 4 is 0 Å². The SMILES string of the molecule is CNCc1cnc(Oc2ccc(F)c(C)c2)nc1. The lowest BCUT2D eigenvalue weighted by Crippen LogP contribution is -2.06. The van der Waals surface area contributed by atoms with Gasteiger partial charge < -0.3 is 10.1 Å². The molecule has 2 aromatic rings. The minimum absolute atomic E-state index is 0.251. The average molecular weight is 247 g/mol. The molecule has 0 radical (unpaired) electrons. The molecule has 1 aromatic heterocycles. The van der Waals surface area contributed by atoms with Crippen LogP contribution in [0, 0.1) is 12.7 Å². The number of ether oxygens (including phenoxy) is 1. The van der Waals surface area contributed by atoms with Crippen molar-refractivity contribution in [1.29, 1.82) is 0 Å². The van der Waals surface area contributed by atoms with E-state index < -0.39 is 0 Å². The average Bonchev–Trinajstić information content (AvgIpc) is 2.37. The van der Waals surface area contributed by atoms with E-state index in [1.807, 2.05) is 7.05 Å². The first-order valence-electron chi connectivity index (χ1n) is 5.58. The van der Waals surface area contributed by atoms with E-state index in [-0.39, 0.29) is 11.8 Å².